The molecule has 4 N–H and O–H groups in total. The molecule has 0 spiro atoms. The molecule has 0 saturated carbocycles. The molecule has 0 aromatic carbocycles. The Morgan fingerprint density at radius 2 is 1.11 bits per heavy atom. The number of hydrogen-bond donors (Lipinski definition) is 2. The first-order valence-corrected chi connectivity index (χ1v) is 7.91. The number of rotatable bonds is 10. The van der Waals surface area contributed by atoms with Gasteiger partial charge < -0.3 is 11.5 Å². The third-order valence-electron chi connectivity index (χ3n) is 3.44. The van der Waals surface area contributed by atoms with Crippen LogP contribution in [0.1, 0.15) is 53.4 Å². The summed E-state index contributed by atoms with van der Waals surface area (Å²) in [6.07, 6.45) is 2.44. The molecule has 5 nitrogen and oxygen atoms in total. The fourth-order valence-corrected chi connectivity index (χ4v) is 2.69. The molecule has 2 unspecified atom stereocenters. The molecule has 0 heterocycles. The van der Waals surface area contributed by atoms with Crippen molar-refractivity contribution in [2.24, 2.45) is 23.3 Å². The van der Waals surface area contributed by atoms with Crippen molar-refractivity contribution in [3.05, 3.63) is 0 Å². The highest BCUT2D eigenvalue weighted by Gasteiger charge is 2.33. The Hall–Kier alpha value is -0.0600. The van der Waals surface area contributed by atoms with Crippen LogP contribution in [-0.4, -0.2) is 12.5 Å². The highest BCUT2D eigenvalue weighted by Crippen LogP contribution is 2.31. The van der Waals surface area contributed by atoms with Crippen LogP contribution in [0.15, 0.2) is 0 Å². The van der Waals surface area contributed by atoms with Crippen LogP contribution in [0.25, 0.3) is 0 Å². The molecule has 0 aliphatic carbocycles. The SMILES string of the molecule is CCC(CC)C(N)O[P+](=O)OC(N)C(CC)CC. The Kier molecular flexibility index (Phi) is 9.78. The van der Waals surface area contributed by atoms with Gasteiger partial charge in [-0.15, -0.1) is 0 Å². The summed E-state index contributed by atoms with van der Waals surface area (Å²) in [4.78, 5) is 0. The van der Waals surface area contributed by atoms with Crippen LogP contribution in [0, 0.1) is 11.8 Å². The highest BCUT2D eigenvalue weighted by atomic mass is 31.1. The summed E-state index contributed by atoms with van der Waals surface area (Å²) in [5, 5.41) is 0. The largest absolute Gasteiger partial charge is 0.700 e. The molecule has 6 heteroatoms. The second-order valence-corrected chi connectivity index (χ2v) is 5.39. The van der Waals surface area contributed by atoms with E-state index in [0.29, 0.717) is 0 Å². The van der Waals surface area contributed by atoms with E-state index in [1.165, 1.54) is 0 Å². The van der Waals surface area contributed by atoms with Crippen LogP contribution in [0.5, 0.6) is 0 Å². The highest BCUT2D eigenvalue weighted by molar-refractivity contribution is 7.33. The Balaban J connectivity index is 4.17. The zero-order chi connectivity index (χ0) is 14.1. The van der Waals surface area contributed by atoms with E-state index in [1.54, 1.807) is 0 Å². The monoisotopic (exact) mass is 279 g/mol. The van der Waals surface area contributed by atoms with E-state index in [4.69, 9.17) is 20.5 Å². The van der Waals surface area contributed by atoms with Gasteiger partial charge >= 0.3 is 8.25 Å². The van der Waals surface area contributed by atoms with Crippen LogP contribution < -0.4 is 11.5 Å². The van der Waals surface area contributed by atoms with Crippen LogP contribution >= 0.6 is 8.25 Å². The van der Waals surface area contributed by atoms with Crippen molar-refractivity contribution in [2.75, 3.05) is 0 Å². The van der Waals surface area contributed by atoms with Gasteiger partial charge in [-0.05, 0) is 25.7 Å². The Morgan fingerprint density at radius 1 is 0.833 bits per heavy atom. The molecule has 0 fully saturated rings. The normalized spacial score (nSPS) is 16.1. The molecule has 108 valence electrons. The van der Waals surface area contributed by atoms with Crippen molar-refractivity contribution in [1.82, 2.24) is 0 Å². The second kappa shape index (κ2) is 9.82. The van der Waals surface area contributed by atoms with Crippen molar-refractivity contribution < 1.29 is 13.6 Å². The summed E-state index contributed by atoms with van der Waals surface area (Å²) in [6, 6.07) is 0. The van der Waals surface area contributed by atoms with E-state index in [0.717, 1.165) is 25.7 Å². The average Bonchev–Trinajstić information content (AvgIpc) is 2.31. The maximum Gasteiger partial charge on any atom is 0.700 e. The minimum Gasteiger partial charge on any atom is -0.302 e. The molecule has 0 bridgehead atoms. The Labute approximate surface area is 112 Å². The summed E-state index contributed by atoms with van der Waals surface area (Å²) < 4.78 is 22.1. The second-order valence-electron chi connectivity index (χ2n) is 4.52. The molecular weight excluding hydrogens is 251 g/mol. The lowest BCUT2D eigenvalue weighted by Crippen LogP contribution is -2.33. The first-order valence-electron chi connectivity index (χ1n) is 6.81. The van der Waals surface area contributed by atoms with Gasteiger partial charge in [-0.3, -0.25) is 0 Å². The summed E-state index contributed by atoms with van der Waals surface area (Å²) in [6.45, 7) is 8.12. The van der Waals surface area contributed by atoms with Crippen LogP contribution in [0.3, 0.4) is 0 Å². The summed E-state index contributed by atoms with van der Waals surface area (Å²) in [7, 11) is -2.25. The number of hydrogen-bond acceptors (Lipinski definition) is 5. The molecule has 0 rings (SSSR count). The van der Waals surface area contributed by atoms with Gasteiger partial charge in [0.15, 0.2) is 12.5 Å². The quantitative estimate of drug-likeness (QED) is 0.474. The summed E-state index contributed by atoms with van der Waals surface area (Å²) >= 11 is 0. The lowest BCUT2D eigenvalue weighted by Gasteiger charge is -2.17. The Bertz CT molecular complexity index is 211. The van der Waals surface area contributed by atoms with Gasteiger partial charge in [0.2, 0.25) is 0 Å². The van der Waals surface area contributed by atoms with Gasteiger partial charge in [0.05, 0.1) is 0 Å². The van der Waals surface area contributed by atoms with Gasteiger partial charge in [0.25, 0.3) is 0 Å². The van der Waals surface area contributed by atoms with E-state index in [9.17, 15) is 4.57 Å². The first-order chi connectivity index (χ1) is 8.49. The molecular formula is C12H28N2O3P+. The maximum atomic E-state index is 11.7. The lowest BCUT2D eigenvalue weighted by molar-refractivity contribution is 0.0748. The molecule has 0 aliphatic heterocycles. The van der Waals surface area contributed by atoms with Gasteiger partial charge in [0, 0.05) is 16.4 Å². The van der Waals surface area contributed by atoms with Crippen LogP contribution in [0.2, 0.25) is 0 Å². The lowest BCUT2D eigenvalue weighted by atomic mass is 10.0. The van der Waals surface area contributed by atoms with Crippen molar-refractivity contribution >= 4 is 8.25 Å². The smallest absolute Gasteiger partial charge is 0.302 e. The first kappa shape index (κ1) is 17.9. The zero-order valence-corrected chi connectivity index (χ0v) is 12.9. The molecule has 0 aromatic heterocycles. The van der Waals surface area contributed by atoms with Gasteiger partial charge in [-0.2, -0.15) is 0 Å². The molecule has 2 atom stereocenters. The average molecular weight is 279 g/mol. The van der Waals surface area contributed by atoms with Gasteiger partial charge in [-0.25, -0.2) is 0 Å². The van der Waals surface area contributed by atoms with E-state index in [-0.39, 0.29) is 11.8 Å². The zero-order valence-electron chi connectivity index (χ0n) is 12.0. The molecule has 0 saturated heterocycles. The third kappa shape index (κ3) is 6.21. The topological polar surface area (TPSA) is 87.6 Å². The minimum absolute atomic E-state index is 0.192. The van der Waals surface area contributed by atoms with E-state index in [2.05, 4.69) is 0 Å². The van der Waals surface area contributed by atoms with Crippen molar-refractivity contribution in [3.63, 3.8) is 0 Å². The molecule has 0 aliphatic rings. The molecule has 18 heavy (non-hydrogen) atoms. The van der Waals surface area contributed by atoms with E-state index >= 15 is 0 Å². The predicted molar refractivity (Wildman–Crippen MR) is 73.9 cm³/mol. The van der Waals surface area contributed by atoms with Crippen molar-refractivity contribution in [2.45, 2.75) is 65.8 Å². The Morgan fingerprint density at radius 3 is 1.33 bits per heavy atom. The minimum atomic E-state index is -2.25. The molecule has 0 aromatic rings. The fraction of sp³-hybridized carbons (Fsp3) is 1.00. The molecule has 0 radical (unpaired) electrons. The van der Waals surface area contributed by atoms with Crippen LogP contribution in [-0.2, 0) is 13.6 Å². The fourth-order valence-electron chi connectivity index (χ4n) is 1.90. The van der Waals surface area contributed by atoms with Gasteiger partial charge in [-0.1, -0.05) is 36.7 Å². The standard InChI is InChI=1S/C12H28N2O3P/c1-5-9(6-2)11(13)16-18(15)17-12(14)10(7-3)8-4/h9-12H,5-8,13-14H2,1-4H3/q+1. The molecule has 0 amide bonds. The third-order valence-corrected chi connectivity index (χ3v) is 4.27. The van der Waals surface area contributed by atoms with Crippen molar-refractivity contribution in [1.29, 1.82) is 0 Å². The van der Waals surface area contributed by atoms with E-state index < -0.39 is 20.7 Å². The van der Waals surface area contributed by atoms with Crippen LogP contribution in [0.4, 0.5) is 0 Å². The predicted octanol–water partition coefficient (Wildman–Crippen LogP) is 3.12. The van der Waals surface area contributed by atoms with Gasteiger partial charge in [0.1, 0.15) is 0 Å². The van der Waals surface area contributed by atoms with E-state index in [1.807, 2.05) is 27.7 Å². The van der Waals surface area contributed by atoms with Crippen molar-refractivity contribution in [3.8, 4) is 0 Å². The summed E-state index contributed by atoms with van der Waals surface area (Å²) in [5.41, 5.74) is 11.7. The summed E-state index contributed by atoms with van der Waals surface area (Å²) in [5.74, 6) is 0.383. The maximum absolute atomic E-state index is 11.7. The number of nitrogens with two attached hydrogens (primary N) is 2.